The predicted molar refractivity (Wildman–Crippen MR) is 78.5 cm³/mol. The van der Waals surface area contributed by atoms with E-state index in [1.54, 1.807) is 43.7 Å². The van der Waals surface area contributed by atoms with Gasteiger partial charge in [0.25, 0.3) is 10.0 Å². The van der Waals surface area contributed by atoms with Gasteiger partial charge in [-0.2, -0.15) is 0 Å². The molecule has 0 atom stereocenters. The largest absolute Gasteiger partial charge is 0.384 e. The number of nitrogens with one attached hydrogen (secondary N) is 1. The van der Waals surface area contributed by atoms with Crippen molar-refractivity contribution < 1.29 is 8.42 Å². The molecule has 0 bridgehead atoms. The second kappa shape index (κ2) is 4.79. The van der Waals surface area contributed by atoms with Crippen molar-refractivity contribution in [2.75, 3.05) is 23.2 Å². The standard InChI is InChI=1S/C14H15N3O2S/c1-17(12-5-7-15-8-6-12)20(18,19)13-3-2-11-4-9-16-14(11)10-13/h2-3,5-8,10,16H,4,9H2,1H3. The minimum Gasteiger partial charge on any atom is -0.384 e. The molecule has 1 N–H and O–H groups in total. The van der Waals surface area contributed by atoms with E-state index in [9.17, 15) is 8.42 Å². The molecule has 1 aromatic heterocycles. The van der Waals surface area contributed by atoms with Crippen LogP contribution in [0.15, 0.2) is 47.6 Å². The molecule has 1 aliphatic rings. The number of fused-ring (bicyclic) bond motifs is 1. The van der Waals surface area contributed by atoms with Gasteiger partial charge < -0.3 is 5.32 Å². The minimum atomic E-state index is -3.55. The van der Waals surface area contributed by atoms with Crippen LogP contribution in [0.3, 0.4) is 0 Å². The summed E-state index contributed by atoms with van der Waals surface area (Å²) in [6.45, 7) is 0.860. The molecule has 0 aliphatic carbocycles. The highest BCUT2D eigenvalue weighted by atomic mass is 32.2. The van der Waals surface area contributed by atoms with Crippen molar-refractivity contribution in [2.45, 2.75) is 11.3 Å². The number of aromatic nitrogens is 1. The van der Waals surface area contributed by atoms with Gasteiger partial charge in [0.1, 0.15) is 0 Å². The molecule has 0 fully saturated rings. The average molecular weight is 289 g/mol. The second-order valence-electron chi connectivity index (χ2n) is 4.67. The maximum Gasteiger partial charge on any atom is 0.264 e. The molecule has 5 nitrogen and oxygen atoms in total. The lowest BCUT2D eigenvalue weighted by Gasteiger charge is -2.19. The van der Waals surface area contributed by atoms with Gasteiger partial charge in [-0.15, -0.1) is 0 Å². The summed E-state index contributed by atoms with van der Waals surface area (Å²) in [5, 5.41) is 3.20. The molecule has 0 saturated carbocycles. The first-order valence-electron chi connectivity index (χ1n) is 6.35. The van der Waals surface area contributed by atoms with Crippen molar-refractivity contribution in [1.82, 2.24) is 4.98 Å². The van der Waals surface area contributed by atoms with Crippen LogP contribution in [0.5, 0.6) is 0 Å². The molecule has 6 heteroatoms. The Labute approximate surface area is 118 Å². The van der Waals surface area contributed by atoms with E-state index in [-0.39, 0.29) is 0 Å². The Morgan fingerprint density at radius 3 is 2.70 bits per heavy atom. The van der Waals surface area contributed by atoms with Gasteiger partial charge in [0.2, 0.25) is 0 Å². The average Bonchev–Trinajstić information content (AvgIpc) is 2.94. The van der Waals surface area contributed by atoms with Crippen LogP contribution in [0.4, 0.5) is 11.4 Å². The Bertz CT molecular complexity index is 729. The van der Waals surface area contributed by atoms with Gasteiger partial charge in [-0.05, 0) is 36.2 Å². The molecule has 20 heavy (non-hydrogen) atoms. The van der Waals surface area contributed by atoms with Crippen molar-refractivity contribution in [3.05, 3.63) is 48.3 Å². The predicted octanol–water partition coefficient (Wildman–Crippen LogP) is 1.87. The van der Waals surface area contributed by atoms with Crippen LogP contribution in [0, 0.1) is 0 Å². The zero-order valence-electron chi connectivity index (χ0n) is 11.1. The third-order valence-corrected chi connectivity index (χ3v) is 5.26. The highest BCUT2D eigenvalue weighted by Gasteiger charge is 2.23. The third kappa shape index (κ3) is 2.12. The number of hydrogen-bond donors (Lipinski definition) is 1. The highest BCUT2D eigenvalue weighted by molar-refractivity contribution is 7.92. The zero-order chi connectivity index (χ0) is 14.2. The number of nitrogens with zero attached hydrogens (tertiary/aromatic N) is 2. The fraction of sp³-hybridized carbons (Fsp3) is 0.214. The van der Waals surface area contributed by atoms with Crippen LogP contribution in [-0.4, -0.2) is 27.0 Å². The van der Waals surface area contributed by atoms with E-state index in [1.165, 1.54) is 4.31 Å². The van der Waals surface area contributed by atoms with Crippen LogP contribution in [0.1, 0.15) is 5.56 Å². The van der Waals surface area contributed by atoms with Gasteiger partial charge in [0.05, 0.1) is 10.6 Å². The van der Waals surface area contributed by atoms with E-state index in [0.717, 1.165) is 24.2 Å². The molecule has 0 radical (unpaired) electrons. The van der Waals surface area contributed by atoms with Gasteiger partial charge in [0.15, 0.2) is 0 Å². The van der Waals surface area contributed by atoms with E-state index >= 15 is 0 Å². The summed E-state index contributed by atoms with van der Waals surface area (Å²) in [6.07, 6.45) is 4.09. The summed E-state index contributed by atoms with van der Waals surface area (Å²) >= 11 is 0. The van der Waals surface area contributed by atoms with Gasteiger partial charge in [-0.1, -0.05) is 6.07 Å². The van der Waals surface area contributed by atoms with Gasteiger partial charge >= 0.3 is 0 Å². The number of benzene rings is 1. The van der Waals surface area contributed by atoms with E-state index < -0.39 is 10.0 Å². The summed E-state index contributed by atoms with van der Waals surface area (Å²) in [5.41, 5.74) is 2.66. The minimum absolute atomic E-state index is 0.296. The maximum atomic E-state index is 12.6. The van der Waals surface area contributed by atoms with Crippen LogP contribution < -0.4 is 9.62 Å². The van der Waals surface area contributed by atoms with E-state index in [4.69, 9.17) is 0 Å². The Hall–Kier alpha value is -2.08. The topological polar surface area (TPSA) is 62.3 Å². The first-order chi connectivity index (χ1) is 9.59. The summed E-state index contributed by atoms with van der Waals surface area (Å²) in [6, 6.07) is 8.59. The molecule has 0 unspecified atom stereocenters. The van der Waals surface area contributed by atoms with E-state index in [1.807, 2.05) is 6.07 Å². The fourth-order valence-corrected chi connectivity index (χ4v) is 3.50. The lowest BCUT2D eigenvalue weighted by molar-refractivity contribution is 0.594. The molecule has 1 aromatic carbocycles. The SMILES string of the molecule is CN(c1ccncc1)S(=O)(=O)c1ccc2c(c1)NCC2. The van der Waals surface area contributed by atoms with Crippen LogP contribution in [0.25, 0.3) is 0 Å². The molecular weight excluding hydrogens is 274 g/mol. The number of anilines is 2. The fourth-order valence-electron chi connectivity index (χ4n) is 2.28. The van der Waals surface area contributed by atoms with Crippen molar-refractivity contribution >= 4 is 21.4 Å². The Morgan fingerprint density at radius 1 is 1.20 bits per heavy atom. The number of sulfonamides is 1. The molecule has 0 saturated heterocycles. The molecule has 1 aliphatic heterocycles. The molecule has 3 rings (SSSR count). The summed E-state index contributed by atoms with van der Waals surface area (Å²) in [5.74, 6) is 0. The molecule has 104 valence electrons. The Balaban J connectivity index is 2.00. The maximum absolute atomic E-state index is 12.6. The van der Waals surface area contributed by atoms with Crippen LogP contribution >= 0.6 is 0 Å². The zero-order valence-corrected chi connectivity index (χ0v) is 11.9. The van der Waals surface area contributed by atoms with Crippen molar-refractivity contribution in [3.8, 4) is 0 Å². The Morgan fingerprint density at radius 2 is 1.95 bits per heavy atom. The molecular formula is C14H15N3O2S. The normalized spacial score (nSPS) is 13.7. The second-order valence-corrected chi connectivity index (χ2v) is 6.64. The van der Waals surface area contributed by atoms with Crippen molar-refractivity contribution in [2.24, 2.45) is 0 Å². The lowest BCUT2D eigenvalue weighted by Crippen LogP contribution is -2.26. The monoisotopic (exact) mass is 289 g/mol. The smallest absolute Gasteiger partial charge is 0.264 e. The summed E-state index contributed by atoms with van der Waals surface area (Å²) < 4.78 is 26.5. The van der Waals surface area contributed by atoms with Crippen LogP contribution in [0.2, 0.25) is 0 Å². The molecule has 2 aromatic rings. The van der Waals surface area contributed by atoms with Crippen LogP contribution in [-0.2, 0) is 16.4 Å². The van der Waals surface area contributed by atoms with Gasteiger partial charge in [0, 0.05) is 31.7 Å². The lowest BCUT2D eigenvalue weighted by atomic mass is 10.2. The van der Waals surface area contributed by atoms with Crippen molar-refractivity contribution in [1.29, 1.82) is 0 Å². The highest BCUT2D eigenvalue weighted by Crippen LogP contribution is 2.28. The summed E-state index contributed by atoms with van der Waals surface area (Å²) in [4.78, 5) is 4.19. The number of hydrogen-bond acceptors (Lipinski definition) is 4. The third-order valence-electron chi connectivity index (χ3n) is 3.48. The molecule has 2 heterocycles. The van der Waals surface area contributed by atoms with Crippen molar-refractivity contribution in [3.63, 3.8) is 0 Å². The van der Waals surface area contributed by atoms with E-state index in [0.29, 0.717) is 10.6 Å². The summed E-state index contributed by atoms with van der Waals surface area (Å²) in [7, 11) is -2.00. The Kier molecular flexibility index (Phi) is 3.10. The van der Waals surface area contributed by atoms with Gasteiger partial charge in [-0.25, -0.2) is 8.42 Å². The molecule has 0 amide bonds. The van der Waals surface area contributed by atoms with Gasteiger partial charge in [-0.3, -0.25) is 9.29 Å². The quantitative estimate of drug-likeness (QED) is 0.937. The number of pyridine rings is 1. The first kappa shape index (κ1) is 12.9. The van der Waals surface area contributed by atoms with E-state index in [2.05, 4.69) is 10.3 Å². The number of rotatable bonds is 3. The first-order valence-corrected chi connectivity index (χ1v) is 7.79. The molecule has 0 spiro atoms.